The molecular formula is C15H24N2O3. The summed E-state index contributed by atoms with van der Waals surface area (Å²) in [6.45, 7) is 7.07. The van der Waals surface area contributed by atoms with E-state index in [9.17, 15) is 0 Å². The maximum atomic E-state index is 5.97. The van der Waals surface area contributed by atoms with Gasteiger partial charge in [-0.1, -0.05) is 6.07 Å². The van der Waals surface area contributed by atoms with Crippen LogP contribution in [0.1, 0.15) is 18.5 Å². The van der Waals surface area contributed by atoms with Gasteiger partial charge in [0, 0.05) is 37.3 Å². The minimum atomic E-state index is -0.0562. The Bertz CT molecular complexity index is 418. The van der Waals surface area contributed by atoms with Crippen LogP contribution >= 0.6 is 0 Å². The van der Waals surface area contributed by atoms with Crippen LogP contribution < -0.4 is 15.2 Å². The molecule has 20 heavy (non-hydrogen) atoms. The van der Waals surface area contributed by atoms with Crippen LogP contribution in [0, 0.1) is 0 Å². The minimum absolute atomic E-state index is 0.0562. The second-order valence-electron chi connectivity index (χ2n) is 4.99. The molecule has 2 rings (SSSR count). The first-order chi connectivity index (χ1) is 9.70. The predicted octanol–water partition coefficient (Wildman–Crippen LogP) is 1.43. The topological polar surface area (TPSA) is 57.0 Å². The SMILES string of the molecule is COc1ccc([C@H](C)N)c(OCCN2CCOCC2)c1. The fourth-order valence-corrected chi connectivity index (χ4v) is 2.25. The van der Waals surface area contributed by atoms with E-state index in [2.05, 4.69) is 4.90 Å². The average Bonchev–Trinajstić information content (AvgIpc) is 2.48. The number of benzene rings is 1. The van der Waals surface area contributed by atoms with Crippen molar-refractivity contribution in [1.29, 1.82) is 0 Å². The molecule has 0 unspecified atom stereocenters. The summed E-state index contributed by atoms with van der Waals surface area (Å²) in [4.78, 5) is 2.34. The first-order valence-corrected chi connectivity index (χ1v) is 7.07. The van der Waals surface area contributed by atoms with Gasteiger partial charge in [0.25, 0.3) is 0 Å². The van der Waals surface area contributed by atoms with Crippen molar-refractivity contribution in [2.45, 2.75) is 13.0 Å². The van der Waals surface area contributed by atoms with E-state index in [1.807, 2.05) is 25.1 Å². The molecular weight excluding hydrogens is 256 g/mol. The summed E-state index contributed by atoms with van der Waals surface area (Å²) in [5.74, 6) is 1.60. The van der Waals surface area contributed by atoms with Crippen molar-refractivity contribution in [3.05, 3.63) is 23.8 Å². The van der Waals surface area contributed by atoms with E-state index in [1.54, 1.807) is 7.11 Å². The van der Waals surface area contributed by atoms with Crippen LogP contribution in [0.3, 0.4) is 0 Å². The molecule has 5 heteroatoms. The molecule has 0 aromatic heterocycles. The monoisotopic (exact) mass is 280 g/mol. The first-order valence-electron chi connectivity index (χ1n) is 7.07. The fourth-order valence-electron chi connectivity index (χ4n) is 2.25. The van der Waals surface area contributed by atoms with E-state index in [4.69, 9.17) is 19.9 Å². The Morgan fingerprint density at radius 1 is 1.35 bits per heavy atom. The van der Waals surface area contributed by atoms with E-state index < -0.39 is 0 Å². The highest BCUT2D eigenvalue weighted by Gasteiger charge is 2.12. The number of hydrogen-bond acceptors (Lipinski definition) is 5. The summed E-state index contributed by atoms with van der Waals surface area (Å²) in [5, 5.41) is 0. The molecule has 0 aliphatic carbocycles. The van der Waals surface area contributed by atoms with Gasteiger partial charge in [-0.25, -0.2) is 0 Å². The van der Waals surface area contributed by atoms with Crippen LogP contribution in [0.5, 0.6) is 11.5 Å². The maximum Gasteiger partial charge on any atom is 0.127 e. The zero-order chi connectivity index (χ0) is 14.4. The summed E-state index contributed by atoms with van der Waals surface area (Å²) in [5.41, 5.74) is 6.98. The molecule has 1 heterocycles. The highest BCUT2D eigenvalue weighted by Crippen LogP contribution is 2.28. The molecule has 1 fully saturated rings. The molecule has 0 spiro atoms. The van der Waals surface area contributed by atoms with Crippen molar-refractivity contribution in [3.8, 4) is 11.5 Å². The van der Waals surface area contributed by atoms with Gasteiger partial charge in [-0.15, -0.1) is 0 Å². The van der Waals surface area contributed by atoms with Gasteiger partial charge in [0.05, 0.1) is 20.3 Å². The van der Waals surface area contributed by atoms with Crippen LogP contribution in [0.4, 0.5) is 0 Å². The lowest BCUT2D eigenvalue weighted by Crippen LogP contribution is -2.38. The molecule has 2 N–H and O–H groups in total. The lowest BCUT2D eigenvalue weighted by atomic mass is 10.1. The van der Waals surface area contributed by atoms with Gasteiger partial charge in [-0.3, -0.25) is 4.90 Å². The van der Waals surface area contributed by atoms with Gasteiger partial charge < -0.3 is 19.9 Å². The molecule has 0 bridgehead atoms. The first kappa shape index (κ1) is 15.1. The number of rotatable bonds is 6. The smallest absolute Gasteiger partial charge is 0.127 e. The Kier molecular flexibility index (Phi) is 5.64. The molecule has 1 aliphatic heterocycles. The van der Waals surface area contributed by atoms with Crippen molar-refractivity contribution in [3.63, 3.8) is 0 Å². The number of ether oxygens (including phenoxy) is 3. The third-order valence-corrected chi connectivity index (χ3v) is 3.48. The zero-order valence-electron chi connectivity index (χ0n) is 12.3. The zero-order valence-corrected chi connectivity index (χ0v) is 12.3. The molecule has 0 amide bonds. The maximum absolute atomic E-state index is 5.97. The van der Waals surface area contributed by atoms with E-state index in [0.717, 1.165) is 49.9 Å². The van der Waals surface area contributed by atoms with Gasteiger partial charge in [-0.05, 0) is 13.0 Å². The van der Waals surface area contributed by atoms with Gasteiger partial charge in [0.15, 0.2) is 0 Å². The molecule has 1 aliphatic rings. The van der Waals surface area contributed by atoms with Crippen molar-refractivity contribution in [1.82, 2.24) is 4.90 Å². The summed E-state index contributed by atoms with van der Waals surface area (Å²) in [6, 6.07) is 5.72. The molecule has 1 aromatic carbocycles. The molecule has 1 atom stereocenters. The summed E-state index contributed by atoms with van der Waals surface area (Å²) in [6.07, 6.45) is 0. The van der Waals surface area contributed by atoms with Crippen LogP contribution in [-0.2, 0) is 4.74 Å². The molecule has 1 aromatic rings. The molecule has 0 radical (unpaired) electrons. The van der Waals surface area contributed by atoms with Crippen LogP contribution in [0.2, 0.25) is 0 Å². The van der Waals surface area contributed by atoms with E-state index in [-0.39, 0.29) is 6.04 Å². The van der Waals surface area contributed by atoms with E-state index in [0.29, 0.717) is 6.61 Å². The van der Waals surface area contributed by atoms with Crippen molar-refractivity contribution in [2.24, 2.45) is 5.73 Å². The van der Waals surface area contributed by atoms with Gasteiger partial charge in [0.1, 0.15) is 18.1 Å². The second kappa shape index (κ2) is 7.47. The Hall–Kier alpha value is -1.30. The van der Waals surface area contributed by atoms with Crippen LogP contribution in [0.25, 0.3) is 0 Å². The second-order valence-corrected chi connectivity index (χ2v) is 4.99. The Morgan fingerprint density at radius 2 is 2.10 bits per heavy atom. The number of nitrogens with zero attached hydrogens (tertiary/aromatic N) is 1. The predicted molar refractivity (Wildman–Crippen MR) is 78.4 cm³/mol. The van der Waals surface area contributed by atoms with Crippen LogP contribution in [-0.4, -0.2) is 51.5 Å². The van der Waals surface area contributed by atoms with Gasteiger partial charge >= 0.3 is 0 Å². The summed E-state index contributed by atoms with van der Waals surface area (Å²) in [7, 11) is 1.65. The average molecular weight is 280 g/mol. The number of nitrogens with two attached hydrogens (primary N) is 1. The molecule has 5 nitrogen and oxygen atoms in total. The molecule has 112 valence electrons. The van der Waals surface area contributed by atoms with Gasteiger partial charge in [0.2, 0.25) is 0 Å². The van der Waals surface area contributed by atoms with Crippen molar-refractivity contribution in [2.75, 3.05) is 46.6 Å². The third-order valence-electron chi connectivity index (χ3n) is 3.48. The highest BCUT2D eigenvalue weighted by molar-refractivity contribution is 5.42. The Labute approximate surface area is 120 Å². The standard InChI is InChI=1S/C15H24N2O3/c1-12(16)14-4-3-13(18-2)11-15(14)20-10-7-17-5-8-19-9-6-17/h3-4,11-12H,5-10,16H2,1-2H3/t12-/m0/s1. The lowest BCUT2D eigenvalue weighted by molar-refractivity contribution is 0.0322. The quantitative estimate of drug-likeness (QED) is 0.854. The minimum Gasteiger partial charge on any atom is -0.497 e. The normalized spacial score (nSPS) is 17.8. The Balaban J connectivity index is 1.92. The largest absolute Gasteiger partial charge is 0.497 e. The van der Waals surface area contributed by atoms with Crippen LogP contribution in [0.15, 0.2) is 18.2 Å². The summed E-state index contributed by atoms with van der Waals surface area (Å²) < 4.78 is 16.5. The number of hydrogen-bond donors (Lipinski definition) is 1. The van der Waals surface area contributed by atoms with E-state index in [1.165, 1.54) is 0 Å². The molecule has 0 saturated carbocycles. The fraction of sp³-hybridized carbons (Fsp3) is 0.600. The van der Waals surface area contributed by atoms with Crippen molar-refractivity contribution >= 4 is 0 Å². The Morgan fingerprint density at radius 3 is 2.75 bits per heavy atom. The van der Waals surface area contributed by atoms with E-state index >= 15 is 0 Å². The lowest BCUT2D eigenvalue weighted by Gasteiger charge is -2.26. The number of morpholine rings is 1. The number of methoxy groups -OCH3 is 1. The van der Waals surface area contributed by atoms with Crippen molar-refractivity contribution < 1.29 is 14.2 Å². The molecule has 1 saturated heterocycles. The van der Waals surface area contributed by atoms with Gasteiger partial charge in [-0.2, -0.15) is 0 Å². The highest BCUT2D eigenvalue weighted by atomic mass is 16.5. The third kappa shape index (κ3) is 4.10. The summed E-state index contributed by atoms with van der Waals surface area (Å²) >= 11 is 0.